The van der Waals surface area contributed by atoms with Gasteiger partial charge in [-0.3, -0.25) is 14.4 Å². The van der Waals surface area contributed by atoms with Gasteiger partial charge in [-0.15, -0.1) is 11.8 Å². The maximum atomic E-state index is 13.9. The molecule has 2 bridgehead atoms. The van der Waals surface area contributed by atoms with Crippen LogP contribution in [0.3, 0.4) is 0 Å². The number of fused-ring (bicyclic) bond motifs is 1. The summed E-state index contributed by atoms with van der Waals surface area (Å²) >= 11 is 1.64. The largest absolute Gasteiger partial charge is 0.394 e. The number of aliphatic hydroxyl groups is 1. The average molecular weight is 460 g/mol. The van der Waals surface area contributed by atoms with Crippen molar-refractivity contribution in [3.63, 3.8) is 0 Å². The summed E-state index contributed by atoms with van der Waals surface area (Å²) < 4.78 is -1.06. The van der Waals surface area contributed by atoms with Crippen LogP contribution >= 0.6 is 11.8 Å². The molecule has 0 radical (unpaired) electrons. The molecule has 7 nitrogen and oxygen atoms in total. The number of nitrogens with zero attached hydrogens (tertiary/aromatic N) is 1. The van der Waals surface area contributed by atoms with Crippen LogP contribution in [0.15, 0.2) is 18.2 Å². The zero-order valence-corrected chi connectivity index (χ0v) is 20.2. The number of hydrogen-bond acceptors (Lipinski definition) is 5. The molecule has 174 valence electrons. The molecule has 3 heterocycles. The minimum atomic E-state index is -0.738. The molecule has 0 aromatic heterocycles. The number of para-hydroxylation sites is 1. The fraction of sp³-hybridized carbons (Fsp3) is 0.625. The summed E-state index contributed by atoms with van der Waals surface area (Å²) in [5.41, 5.74) is 2.67. The van der Waals surface area contributed by atoms with E-state index in [0.29, 0.717) is 12.8 Å². The van der Waals surface area contributed by atoms with Crippen molar-refractivity contribution in [1.82, 2.24) is 10.2 Å². The monoisotopic (exact) mass is 459 g/mol. The molecule has 3 saturated heterocycles. The highest BCUT2D eigenvalue weighted by Gasteiger charge is 2.77. The zero-order valence-electron chi connectivity index (χ0n) is 19.4. The predicted molar refractivity (Wildman–Crippen MR) is 125 cm³/mol. The average Bonchev–Trinajstić information content (AvgIpc) is 3.32. The van der Waals surface area contributed by atoms with Crippen molar-refractivity contribution < 1.29 is 19.5 Å². The molecule has 3 aliphatic rings. The van der Waals surface area contributed by atoms with Crippen molar-refractivity contribution in [3.05, 3.63) is 29.3 Å². The Balaban J connectivity index is 1.81. The Kier molecular flexibility index (Phi) is 5.82. The summed E-state index contributed by atoms with van der Waals surface area (Å²) in [6.45, 7) is 7.63. The summed E-state index contributed by atoms with van der Waals surface area (Å²) in [5, 5.41) is 15.9. The number of hydrogen-bond donors (Lipinski definition) is 3. The lowest BCUT2D eigenvalue weighted by Gasteiger charge is -2.37. The number of benzene rings is 1. The van der Waals surface area contributed by atoms with E-state index in [9.17, 15) is 19.5 Å². The van der Waals surface area contributed by atoms with Gasteiger partial charge in [0.15, 0.2) is 0 Å². The van der Waals surface area contributed by atoms with Gasteiger partial charge in [-0.1, -0.05) is 25.1 Å². The number of carbonyl (C=O) groups is 3. The predicted octanol–water partition coefficient (Wildman–Crippen LogP) is 2.24. The van der Waals surface area contributed by atoms with Gasteiger partial charge in [-0.25, -0.2) is 0 Å². The maximum absolute atomic E-state index is 13.9. The molecular weight excluding hydrogens is 426 g/mol. The molecule has 1 spiro atoms. The van der Waals surface area contributed by atoms with Crippen LogP contribution in [0.1, 0.15) is 44.2 Å². The highest BCUT2D eigenvalue weighted by Crippen LogP contribution is 2.71. The Morgan fingerprint density at radius 1 is 1.25 bits per heavy atom. The third kappa shape index (κ3) is 3.10. The first-order valence-electron chi connectivity index (χ1n) is 11.4. The SMILES string of the molecule is CC[C@@H](CO)N1C(=O)[C@@H]2[C@H](C(=O)NC)[C@]3(C)CCC2(S3)C1C(=O)Nc1c(C)cccc1C. The number of aryl methyl sites for hydroxylation is 2. The number of aliphatic hydroxyl groups excluding tert-OH is 1. The van der Waals surface area contributed by atoms with Gasteiger partial charge >= 0.3 is 0 Å². The molecule has 0 aliphatic carbocycles. The number of nitrogens with one attached hydrogen (secondary N) is 2. The second-order valence-electron chi connectivity index (χ2n) is 9.59. The number of thioether (sulfide) groups is 1. The highest BCUT2D eigenvalue weighted by molar-refractivity contribution is 8.02. The molecule has 32 heavy (non-hydrogen) atoms. The Labute approximate surface area is 193 Å². The van der Waals surface area contributed by atoms with Crippen molar-refractivity contribution in [1.29, 1.82) is 0 Å². The van der Waals surface area contributed by atoms with Crippen molar-refractivity contribution >= 4 is 35.2 Å². The van der Waals surface area contributed by atoms with Crippen LogP contribution < -0.4 is 10.6 Å². The van der Waals surface area contributed by atoms with E-state index in [1.165, 1.54) is 0 Å². The third-order valence-corrected chi connectivity index (χ3v) is 9.78. The maximum Gasteiger partial charge on any atom is 0.248 e. The van der Waals surface area contributed by atoms with E-state index in [4.69, 9.17) is 0 Å². The van der Waals surface area contributed by atoms with Crippen molar-refractivity contribution in [3.8, 4) is 0 Å². The van der Waals surface area contributed by atoms with Gasteiger partial charge in [0.1, 0.15) is 6.04 Å². The van der Waals surface area contributed by atoms with E-state index in [1.807, 2.05) is 45.9 Å². The summed E-state index contributed by atoms with van der Waals surface area (Å²) in [6, 6.07) is 4.64. The van der Waals surface area contributed by atoms with Crippen molar-refractivity contribution in [2.45, 2.75) is 68.5 Å². The molecule has 0 saturated carbocycles. The van der Waals surface area contributed by atoms with Crippen LogP contribution in [0.2, 0.25) is 0 Å². The van der Waals surface area contributed by atoms with Crippen LogP contribution in [-0.4, -0.2) is 63.0 Å². The van der Waals surface area contributed by atoms with E-state index in [0.717, 1.165) is 23.2 Å². The van der Waals surface area contributed by atoms with Gasteiger partial charge in [-0.05, 0) is 51.2 Å². The second-order valence-corrected chi connectivity index (χ2v) is 11.5. The molecule has 4 rings (SSSR count). The standard InChI is InChI=1S/C24H33N3O4S/c1-6-15(12-28)27-19(21(30)26-18-13(2)8-7-9-14(18)3)24-11-10-23(4,32-24)16(20(29)25-5)17(24)22(27)31/h7-9,15-17,19,28H,6,10-12H2,1-5H3,(H,25,29)(H,26,30)/t15-,16+,17-,19?,23-,24?/m0/s1. The van der Waals surface area contributed by atoms with Crippen LogP contribution in [0, 0.1) is 25.7 Å². The second kappa shape index (κ2) is 8.06. The van der Waals surface area contributed by atoms with Crippen LogP contribution in [-0.2, 0) is 14.4 Å². The Hall–Kier alpha value is -2.06. The van der Waals surface area contributed by atoms with Crippen molar-refractivity contribution in [2.24, 2.45) is 11.8 Å². The van der Waals surface area contributed by atoms with Crippen LogP contribution in [0.5, 0.6) is 0 Å². The molecule has 1 aromatic carbocycles. The molecule has 3 aliphatic heterocycles. The molecule has 6 atom stereocenters. The summed E-state index contributed by atoms with van der Waals surface area (Å²) in [7, 11) is 1.60. The van der Waals surface area contributed by atoms with Crippen molar-refractivity contribution in [2.75, 3.05) is 19.0 Å². The lowest BCUT2D eigenvalue weighted by Crippen LogP contribution is -2.54. The van der Waals surface area contributed by atoms with E-state index in [1.54, 1.807) is 23.7 Å². The summed E-state index contributed by atoms with van der Waals surface area (Å²) in [6.07, 6.45) is 2.00. The van der Waals surface area contributed by atoms with Gasteiger partial charge in [-0.2, -0.15) is 0 Å². The molecule has 1 aromatic rings. The minimum absolute atomic E-state index is 0.146. The molecule has 3 N–H and O–H groups in total. The van der Waals surface area contributed by atoms with E-state index in [-0.39, 0.29) is 29.1 Å². The van der Waals surface area contributed by atoms with E-state index < -0.39 is 28.7 Å². The first-order chi connectivity index (χ1) is 15.1. The zero-order chi connectivity index (χ0) is 23.4. The third-order valence-electron chi connectivity index (χ3n) is 7.80. The van der Waals surface area contributed by atoms with E-state index >= 15 is 0 Å². The first-order valence-corrected chi connectivity index (χ1v) is 12.2. The van der Waals surface area contributed by atoms with Gasteiger partial charge < -0.3 is 20.6 Å². The fourth-order valence-electron chi connectivity index (χ4n) is 6.23. The Morgan fingerprint density at radius 3 is 2.47 bits per heavy atom. The van der Waals surface area contributed by atoms with Crippen LogP contribution in [0.4, 0.5) is 5.69 Å². The fourth-order valence-corrected chi connectivity index (χ4v) is 8.57. The first kappa shape index (κ1) is 23.1. The number of anilines is 1. The number of carbonyl (C=O) groups excluding carboxylic acids is 3. The Morgan fingerprint density at radius 2 is 1.91 bits per heavy atom. The number of rotatable bonds is 6. The lowest BCUT2D eigenvalue weighted by molar-refractivity contribution is -0.142. The molecule has 3 fully saturated rings. The summed E-state index contributed by atoms with van der Waals surface area (Å²) in [4.78, 5) is 42.3. The van der Waals surface area contributed by atoms with Gasteiger partial charge in [0.2, 0.25) is 17.7 Å². The van der Waals surface area contributed by atoms with Crippen LogP contribution in [0.25, 0.3) is 0 Å². The molecular formula is C24H33N3O4S. The molecule has 3 amide bonds. The van der Waals surface area contributed by atoms with Gasteiger partial charge in [0, 0.05) is 17.5 Å². The molecule has 8 heteroatoms. The van der Waals surface area contributed by atoms with Gasteiger partial charge in [0.25, 0.3) is 0 Å². The topological polar surface area (TPSA) is 98.7 Å². The van der Waals surface area contributed by atoms with Gasteiger partial charge in [0.05, 0.1) is 29.2 Å². The lowest BCUT2D eigenvalue weighted by atomic mass is 9.66. The highest BCUT2D eigenvalue weighted by atomic mass is 32.2. The molecule has 2 unspecified atom stereocenters. The number of amides is 3. The van der Waals surface area contributed by atoms with E-state index in [2.05, 4.69) is 10.6 Å². The smallest absolute Gasteiger partial charge is 0.248 e. The Bertz CT molecular complexity index is 944. The summed E-state index contributed by atoms with van der Waals surface area (Å²) in [5.74, 6) is -1.62. The minimum Gasteiger partial charge on any atom is -0.394 e. The quantitative estimate of drug-likeness (QED) is 0.606. The number of likely N-dealkylation sites (tertiary alicyclic amines) is 1. The normalized spacial score (nSPS) is 33.9.